The van der Waals surface area contributed by atoms with Crippen molar-refractivity contribution in [3.05, 3.63) is 51.4 Å². The minimum atomic E-state index is 0.490. The monoisotopic (exact) mass is 332 g/mol. The third-order valence-electron chi connectivity index (χ3n) is 3.39. The van der Waals surface area contributed by atoms with Gasteiger partial charge in [-0.05, 0) is 18.6 Å². The summed E-state index contributed by atoms with van der Waals surface area (Å²) in [5.41, 5.74) is 8.88. The zero-order valence-corrected chi connectivity index (χ0v) is 14.1. The molecular weight excluding hydrogens is 316 g/mol. The Hall–Kier alpha value is -1.69. The Labute approximate surface area is 138 Å². The number of hydrazine groups is 1. The fourth-order valence-corrected chi connectivity index (χ4v) is 3.57. The van der Waals surface area contributed by atoms with E-state index in [1.54, 1.807) is 11.3 Å². The average molecular weight is 333 g/mol. The topological polar surface area (TPSA) is 48.8 Å². The third kappa shape index (κ3) is 2.92. The summed E-state index contributed by atoms with van der Waals surface area (Å²) in [6.07, 6.45) is 0.984. The van der Waals surface area contributed by atoms with Crippen LogP contribution in [0.2, 0.25) is 5.02 Å². The van der Waals surface area contributed by atoms with Gasteiger partial charge >= 0.3 is 0 Å². The lowest BCUT2D eigenvalue weighted by molar-refractivity contribution is 0.759. The zero-order chi connectivity index (χ0) is 15.5. The fraction of sp³-hybridized carbons (Fsp3) is 0.250. The number of benzene rings is 1. The molecule has 2 aromatic rings. The molecule has 0 saturated heterocycles. The van der Waals surface area contributed by atoms with Crippen LogP contribution < -0.4 is 10.9 Å². The molecule has 6 heteroatoms. The number of rotatable bonds is 3. The molecule has 0 amide bonds. The van der Waals surface area contributed by atoms with Crippen LogP contribution in [0.3, 0.4) is 0 Å². The number of thiophene rings is 1. The predicted molar refractivity (Wildman–Crippen MR) is 94.9 cm³/mol. The van der Waals surface area contributed by atoms with Gasteiger partial charge in [-0.15, -0.1) is 11.3 Å². The highest BCUT2D eigenvalue weighted by Crippen LogP contribution is 2.35. The lowest BCUT2D eigenvalue weighted by Gasteiger charge is -2.07. The molecule has 0 spiro atoms. The van der Waals surface area contributed by atoms with Crippen molar-refractivity contribution in [3.8, 4) is 0 Å². The average Bonchev–Trinajstić information content (AvgIpc) is 2.85. The molecule has 1 aliphatic heterocycles. The zero-order valence-electron chi connectivity index (χ0n) is 12.5. The standard InChI is InChI=1S/C16H17ClN4S/c1-3-10-8-12-15(11-6-4-5-7-13(11)17)19-9-14(21-18-2)20-16(12)22-10/h4-8,18H,3,9H2,1-2H3,(H,20,21). The van der Waals surface area contributed by atoms with Crippen LogP contribution in [0.15, 0.2) is 40.3 Å². The molecule has 3 rings (SSSR count). The van der Waals surface area contributed by atoms with E-state index < -0.39 is 0 Å². The maximum atomic E-state index is 6.37. The molecule has 0 radical (unpaired) electrons. The molecule has 1 aromatic heterocycles. The lowest BCUT2D eigenvalue weighted by atomic mass is 10.0. The Morgan fingerprint density at radius 1 is 1.27 bits per heavy atom. The normalized spacial score (nSPS) is 14.0. The summed E-state index contributed by atoms with van der Waals surface area (Å²) < 4.78 is 0. The van der Waals surface area contributed by atoms with Crippen LogP contribution in [0, 0.1) is 0 Å². The third-order valence-corrected chi connectivity index (χ3v) is 4.89. The van der Waals surface area contributed by atoms with Crippen molar-refractivity contribution in [2.45, 2.75) is 13.3 Å². The van der Waals surface area contributed by atoms with Gasteiger partial charge in [0.15, 0.2) is 0 Å². The van der Waals surface area contributed by atoms with Crippen molar-refractivity contribution >= 4 is 39.5 Å². The van der Waals surface area contributed by atoms with Gasteiger partial charge in [0, 0.05) is 28.1 Å². The molecule has 2 heterocycles. The number of fused-ring (bicyclic) bond motifs is 1. The van der Waals surface area contributed by atoms with Crippen LogP contribution in [0.5, 0.6) is 0 Å². The number of hydrogen-bond donors (Lipinski definition) is 2. The van der Waals surface area contributed by atoms with Crippen LogP contribution in [0.4, 0.5) is 5.00 Å². The molecule has 114 valence electrons. The minimum absolute atomic E-state index is 0.490. The van der Waals surface area contributed by atoms with E-state index in [0.717, 1.165) is 34.1 Å². The number of aryl methyl sites for hydroxylation is 1. The molecular formula is C16H17ClN4S. The number of amidine groups is 1. The maximum absolute atomic E-state index is 6.37. The Morgan fingerprint density at radius 3 is 2.82 bits per heavy atom. The molecule has 2 N–H and O–H groups in total. The molecule has 0 aliphatic carbocycles. The molecule has 1 aliphatic rings. The summed E-state index contributed by atoms with van der Waals surface area (Å²) in [6.45, 7) is 2.64. The van der Waals surface area contributed by atoms with Gasteiger partial charge in [-0.3, -0.25) is 4.99 Å². The highest BCUT2D eigenvalue weighted by molar-refractivity contribution is 7.16. The molecule has 0 fully saturated rings. The van der Waals surface area contributed by atoms with Gasteiger partial charge in [0.1, 0.15) is 10.8 Å². The van der Waals surface area contributed by atoms with Crippen LogP contribution in [-0.4, -0.2) is 25.1 Å². The Kier molecular flexibility index (Phi) is 4.57. The number of hydrogen-bond acceptors (Lipinski definition) is 5. The summed E-state index contributed by atoms with van der Waals surface area (Å²) in [5.74, 6) is 0.801. The second kappa shape index (κ2) is 6.60. The van der Waals surface area contributed by atoms with Crippen molar-refractivity contribution in [1.29, 1.82) is 0 Å². The molecule has 4 nitrogen and oxygen atoms in total. The number of nitrogens with one attached hydrogen (secondary N) is 2. The van der Waals surface area contributed by atoms with Gasteiger partial charge in [0.05, 0.1) is 12.3 Å². The largest absolute Gasteiger partial charge is 0.308 e. The van der Waals surface area contributed by atoms with E-state index in [1.807, 2.05) is 31.3 Å². The van der Waals surface area contributed by atoms with Gasteiger partial charge in [0.2, 0.25) is 0 Å². The van der Waals surface area contributed by atoms with Gasteiger partial charge < -0.3 is 5.43 Å². The Morgan fingerprint density at radius 2 is 2.09 bits per heavy atom. The fourth-order valence-electron chi connectivity index (χ4n) is 2.35. The lowest BCUT2D eigenvalue weighted by Crippen LogP contribution is -2.35. The van der Waals surface area contributed by atoms with E-state index in [9.17, 15) is 0 Å². The first-order valence-corrected chi connectivity index (χ1v) is 8.35. The summed E-state index contributed by atoms with van der Waals surface area (Å²) in [6, 6.07) is 9.98. The first kappa shape index (κ1) is 15.2. The van der Waals surface area contributed by atoms with E-state index in [-0.39, 0.29) is 0 Å². The summed E-state index contributed by atoms with van der Waals surface area (Å²) in [5, 5.41) is 1.69. The minimum Gasteiger partial charge on any atom is -0.308 e. The van der Waals surface area contributed by atoms with E-state index in [4.69, 9.17) is 21.6 Å². The van der Waals surface area contributed by atoms with Crippen molar-refractivity contribution in [2.24, 2.45) is 9.98 Å². The molecule has 22 heavy (non-hydrogen) atoms. The van der Waals surface area contributed by atoms with Crippen LogP contribution >= 0.6 is 22.9 Å². The number of nitrogens with zero attached hydrogens (tertiary/aromatic N) is 2. The Balaban J connectivity index is 2.13. The quantitative estimate of drug-likeness (QED) is 0.844. The van der Waals surface area contributed by atoms with Gasteiger partial charge in [-0.2, -0.15) is 0 Å². The van der Waals surface area contributed by atoms with Crippen molar-refractivity contribution in [3.63, 3.8) is 0 Å². The summed E-state index contributed by atoms with van der Waals surface area (Å²) in [4.78, 5) is 10.7. The van der Waals surface area contributed by atoms with Crippen molar-refractivity contribution in [2.75, 3.05) is 13.6 Å². The van der Waals surface area contributed by atoms with Crippen LogP contribution in [0.25, 0.3) is 0 Å². The molecule has 0 saturated carbocycles. The Bertz CT molecular complexity index is 748. The summed E-state index contributed by atoms with van der Waals surface area (Å²) >= 11 is 8.08. The van der Waals surface area contributed by atoms with E-state index >= 15 is 0 Å². The van der Waals surface area contributed by atoms with E-state index in [0.29, 0.717) is 11.6 Å². The number of halogens is 1. The van der Waals surface area contributed by atoms with Gasteiger partial charge in [-0.1, -0.05) is 36.7 Å². The van der Waals surface area contributed by atoms with Gasteiger partial charge in [-0.25, -0.2) is 10.4 Å². The highest BCUT2D eigenvalue weighted by atomic mass is 35.5. The molecule has 1 aromatic carbocycles. The second-order valence-electron chi connectivity index (χ2n) is 4.86. The first-order chi connectivity index (χ1) is 10.7. The van der Waals surface area contributed by atoms with E-state index in [1.165, 1.54) is 4.88 Å². The van der Waals surface area contributed by atoms with E-state index in [2.05, 4.69) is 23.8 Å². The summed E-state index contributed by atoms with van der Waals surface area (Å²) in [7, 11) is 1.82. The van der Waals surface area contributed by atoms with Crippen molar-refractivity contribution < 1.29 is 0 Å². The second-order valence-corrected chi connectivity index (χ2v) is 6.39. The first-order valence-electron chi connectivity index (χ1n) is 7.15. The SMILES string of the molecule is CCc1cc2c(s1)N=C(NNC)CN=C2c1ccccc1Cl. The maximum Gasteiger partial charge on any atom is 0.139 e. The molecule has 0 unspecified atom stereocenters. The van der Waals surface area contributed by atoms with Crippen LogP contribution in [-0.2, 0) is 6.42 Å². The molecule has 0 bridgehead atoms. The van der Waals surface area contributed by atoms with Gasteiger partial charge in [0.25, 0.3) is 0 Å². The highest BCUT2D eigenvalue weighted by Gasteiger charge is 2.20. The smallest absolute Gasteiger partial charge is 0.139 e. The number of aliphatic imine (C=N–C) groups is 2. The van der Waals surface area contributed by atoms with Crippen molar-refractivity contribution in [1.82, 2.24) is 10.9 Å². The predicted octanol–water partition coefficient (Wildman–Crippen LogP) is 3.57. The molecule has 0 atom stereocenters. The van der Waals surface area contributed by atoms with Crippen LogP contribution in [0.1, 0.15) is 22.9 Å².